The van der Waals surface area contributed by atoms with Crippen LogP contribution in [-0.2, 0) is 15.4 Å². The molecule has 1 heterocycles. The molecule has 30 heavy (non-hydrogen) atoms. The van der Waals surface area contributed by atoms with Crippen LogP contribution in [0, 0.1) is 0 Å². The number of aliphatic hydroxyl groups excluding tert-OH is 1. The van der Waals surface area contributed by atoms with Crippen molar-refractivity contribution in [3.8, 4) is 22.7 Å². The van der Waals surface area contributed by atoms with Crippen LogP contribution in [0.5, 0.6) is 5.75 Å². The van der Waals surface area contributed by atoms with E-state index >= 15 is 0 Å². The smallest absolute Gasteiger partial charge is 0.175 e. The van der Waals surface area contributed by atoms with Crippen LogP contribution in [0.25, 0.3) is 16.9 Å². The van der Waals surface area contributed by atoms with Gasteiger partial charge in [-0.2, -0.15) is 5.10 Å². The molecule has 0 saturated carbocycles. The molecule has 1 atom stereocenters. The van der Waals surface area contributed by atoms with Gasteiger partial charge in [-0.3, -0.25) is 0 Å². The van der Waals surface area contributed by atoms with E-state index in [1.165, 1.54) is 6.26 Å². The largest absolute Gasteiger partial charge is 0.497 e. The Morgan fingerprint density at radius 1 is 1.10 bits per heavy atom. The van der Waals surface area contributed by atoms with Crippen LogP contribution >= 0.6 is 0 Å². The van der Waals surface area contributed by atoms with Crippen LogP contribution < -0.4 is 4.74 Å². The Hall–Kier alpha value is -2.68. The van der Waals surface area contributed by atoms with Crippen LogP contribution in [0.1, 0.15) is 25.5 Å². The summed E-state index contributed by atoms with van der Waals surface area (Å²) in [7, 11) is -1.71. The molecule has 1 unspecified atom stereocenters. The minimum absolute atomic E-state index is 0.0187. The molecule has 0 saturated heterocycles. The van der Waals surface area contributed by atoms with Crippen molar-refractivity contribution in [1.82, 2.24) is 9.78 Å². The van der Waals surface area contributed by atoms with E-state index in [2.05, 4.69) is 5.10 Å². The van der Waals surface area contributed by atoms with Gasteiger partial charge in [0.2, 0.25) is 0 Å². The van der Waals surface area contributed by atoms with Crippen LogP contribution in [0.3, 0.4) is 0 Å². The average Bonchev–Trinajstić information content (AvgIpc) is 3.18. The number of sulfone groups is 1. The van der Waals surface area contributed by atoms with Gasteiger partial charge in [-0.1, -0.05) is 12.1 Å². The second-order valence-electron chi connectivity index (χ2n) is 7.42. The Bertz CT molecular complexity index is 1100. The van der Waals surface area contributed by atoms with Crippen molar-refractivity contribution in [1.29, 1.82) is 0 Å². The number of rotatable bonds is 8. The number of hydrogen-bond acceptors (Lipinski definition) is 6. The summed E-state index contributed by atoms with van der Waals surface area (Å²) in [6, 6.07) is 15.7. The minimum atomic E-state index is -3.30. The summed E-state index contributed by atoms with van der Waals surface area (Å²) in [5.41, 5.74) is 1.48. The first-order chi connectivity index (χ1) is 14.2. The first-order valence-corrected chi connectivity index (χ1v) is 11.4. The molecule has 0 amide bonds. The highest BCUT2D eigenvalue weighted by Gasteiger charge is 2.28. The quantitative estimate of drug-likeness (QED) is 0.570. The zero-order chi connectivity index (χ0) is 21.9. The second-order valence-corrected chi connectivity index (χ2v) is 9.44. The van der Waals surface area contributed by atoms with Crippen molar-refractivity contribution in [3.63, 3.8) is 0 Å². The number of aliphatic hydroxyl groups is 2. The van der Waals surface area contributed by atoms with Gasteiger partial charge in [-0.05, 0) is 62.2 Å². The molecule has 0 aliphatic carbocycles. The van der Waals surface area contributed by atoms with E-state index in [9.17, 15) is 13.5 Å². The van der Waals surface area contributed by atoms with Crippen molar-refractivity contribution in [2.75, 3.05) is 20.0 Å². The summed E-state index contributed by atoms with van der Waals surface area (Å²) in [6.07, 6.45) is 1.97. The molecule has 0 aliphatic rings. The third kappa shape index (κ3) is 4.72. The van der Waals surface area contributed by atoms with E-state index in [0.717, 1.165) is 11.3 Å². The Morgan fingerprint density at radius 3 is 2.27 bits per heavy atom. The maximum atomic E-state index is 11.8. The second kappa shape index (κ2) is 8.59. The van der Waals surface area contributed by atoms with Gasteiger partial charge < -0.3 is 14.9 Å². The summed E-state index contributed by atoms with van der Waals surface area (Å²) < 4.78 is 30.5. The lowest BCUT2D eigenvalue weighted by molar-refractivity contribution is 0.0357. The van der Waals surface area contributed by atoms with E-state index in [-0.39, 0.29) is 11.5 Å². The topological polar surface area (TPSA) is 102 Å². The highest BCUT2D eigenvalue weighted by molar-refractivity contribution is 7.90. The molecule has 8 heteroatoms. The molecule has 3 rings (SSSR count). The maximum absolute atomic E-state index is 11.8. The van der Waals surface area contributed by atoms with Gasteiger partial charge in [0.1, 0.15) is 11.4 Å². The van der Waals surface area contributed by atoms with Crippen LogP contribution in [0.15, 0.2) is 59.5 Å². The molecule has 0 radical (unpaired) electrons. The zero-order valence-corrected chi connectivity index (χ0v) is 18.1. The van der Waals surface area contributed by atoms with Gasteiger partial charge in [0.25, 0.3) is 0 Å². The van der Waals surface area contributed by atoms with Crippen molar-refractivity contribution in [2.24, 2.45) is 0 Å². The van der Waals surface area contributed by atoms with E-state index < -0.39 is 15.4 Å². The van der Waals surface area contributed by atoms with Crippen molar-refractivity contribution < 1.29 is 23.4 Å². The average molecular weight is 431 g/mol. The van der Waals surface area contributed by atoms with Gasteiger partial charge in [0, 0.05) is 18.4 Å². The molecular formula is C22H26N2O5S. The summed E-state index contributed by atoms with van der Waals surface area (Å²) in [6.45, 7) is 1.65. The Morgan fingerprint density at radius 2 is 1.73 bits per heavy atom. The summed E-state index contributed by atoms with van der Waals surface area (Å²) in [5, 5.41) is 24.7. The Labute approximate surface area is 176 Å². The van der Waals surface area contributed by atoms with E-state index in [1.807, 2.05) is 24.3 Å². The molecule has 1 aromatic heterocycles. The van der Waals surface area contributed by atoms with Crippen molar-refractivity contribution in [2.45, 2.75) is 30.3 Å². The monoisotopic (exact) mass is 430 g/mol. The predicted octanol–water partition coefficient (Wildman–Crippen LogP) is 2.93. The van der Waals surface area contributed by atoms with Crippen molar-refractivity contribution in [3.05, 3.63) is 60.3 Å². The van der Waals surface area contributed by atoms with E-state index in [0.29, 0.717) is 30.0 Å². The molecule has 2 aromatic carbocycles. The zero-order valence-electron chi connectivity index (χ0n) is 17.2. The predicted molar refractivity (Wildman–Crippen MR) is 115 cm³/mol. The number of aromatic nitrogens is 2. The van der Waals surface area contributed by atoms with Crippen LogP contribution in [-0.4, -0.2) is 48.4 Å². The van der Waals surface area contributed by atoms with Gasteiger partial charge >= 0.3 is 0 Å². The van der Waals surface area contributed by atoms with Crippen molar-refractivity contribution >= 4 is 9.84 Å². The summed E-state index contributed by atoms with van der Waals surface area (Å²) >= 11 is 0. The molecule has 0 spiro atoms. The first kappa shape index (κ1) is 22.0. The third-order valence-electron chi connectivity index (χ3n) is 4.98. The molecule has 0 fully saturated rings. The Balaban J connectivity index is 2.11. The number of methoxy groups -OCH3 is 1. The fourth-order valence-corrected chi connectivity index (χ4v) is 3.82. The normalized spacial score (nSPS) is 13.8. The van der Waals surface area contributed by atoms with E-state index in [4.69, 9.17) is 9.84 Å². The highest BCUT2D eigenvalue weighted by Crippen LogP contribution is 2.32. The molecule has 3 aromatic rings. The SMILES string of the molecule is COc1ccc(-n2nc(C(C)(O)CCCO)cc2-c2ccc(S(C)(=O)=O)cc2)cc1. The molecule has 0 bridgehead atoms. The number of nitrogens with zero attached hydrogens (tertiary/aromatic N) is 2. The summed E-state index contributed by atoms with van der Waals surface area (Å²) in [5.74, 6) is 0.708. The molecule has 0 aliphatic heterocycles. The fraction of sp³-hybridized carbons (Fsp3) is 0.318. The lowest BCUT2D eigenvalue weighted by Crippen LogP contribution is -2.22. The van der Waals surface area contributed by atoms with Gasteiger partial charge in [0.05, 0.1) is 29.1 Å². The molecule has 2 N–H and O–H groups in total. The lowest BCUT2D eigenvalue weighted by Gasteiger charge is -2.20. The van der Waals surface area contributed by atoms with Crippen LogP contribution in [0.4, 0.5) is 0 Å². The van der Waals surface area contributed by atoms with Gasteiger partial charge in [-0.15, -0.1) is 0 Å². The van der Waals surface area contributed by atoms with Gasteiger partial charge in [0.15, 0.2) is 9.84 Å². The standard InChI is InChI=1S/C22H26N2O5S/c1-22(26,13-4-14-25)21-15-20(16-5-11-19(12-6-16)30(3,27)28)24(23-21)17-7-9-18(29-2)10-8-17/h5-12,15,25-26H,4,13-14H2,1-3H3. The van der Waals surface area contributed by atoms with E-state index in [1.54, 1.807) is 49.0 Å². The minimum Gasteiger partial charge on any atom is -0.497 e. The van der Waals surface area contributed by atoms with Gasteiger partial charge in [-0.25, -0.2) is 13.1 Å². The summed E-state index contributed by atoms with van der Waals surface area (Å²) in [4.78, 5) is 0.233. The number of hydrogen-bond donors (Lipinski definition) is 2. The number of ether oxygens (including phenoxy) is 1. The molecular weight excluding hydrogens is 404 g/mol. The van der Waals surface area contributed by atoms with Crippen LogP contribution in [0.2, 0.25) is 0 Å². The molecule has 160 valence electrons. The number of benzene rings is 2. The highest BCUT2D eigenvalue weighted by atomic mass is 32.2. The fourth-order valence-electron chi connectivity index (χ4n) is 3.19. The lowest BCUT2D eigenvalue weighted by atomic mass is 9.96. The third-order valence-corrected chi connectivity index (χ3v) is 6.11. The Kier molecular flexibility index (Phi) is 6.30. The maximum Gasteiger partial charge on any atom is 0.175 e. The molecule has 7 nitrogen and oxygen atoms in total. The first-order valence-electron chi connectivity index (χ1n) is 9.54.